The van der Waals surface area contributed by atoms with Crippen molar-refractivity contribution in [2.75, 3.05) is 19.6 Å². The highest BCUT2D eigenvalue weighted by Crippen LogP contribution is 2.24. The Labute approximate surface area is 170 Å². The highest BCUT2D eigenvalue weighted by Gasteiger charge is 2.37. The van der Waals surface area contributed by atoms with Crippen molar-refractivity contribution < 1.29 is 9.59 Å². The number of hydrogen-bond donors (Lipinski definition) is 1. The Hall–Kier alpha value is -2.63. The van der Waals surface area contributed by atoms with E-state index in [0.29, 0.717) is 18.0 Å². The van der Waals surface area contributed by atoms with Crippen molar-refractivity contribution in [3.05, 3.63) is 45.7 Å². The summed E-state index contributed by atoms with van der Waals surface area (Å²) in [4.78, 5) is 44.4. The lowest BCUT2D eigenvalue weighted by atomic mass is 9.98. The Bertz CT molecular complexity index is 989. The molecule has 6 nitrogen and oxygen atoms in total. The first-order valence-electron chi connectivity index (χ1n) is 10.6. The van der Waals surface area contributed by atoms with E-state index in [0.717, 1.165) is 55.2 Å². The molecule has 0 aliphatic carbocycles. The van der Waals surface area contributed by atoms with Crippen molar-refractivity contribution in [2.45, 2.75) is 52.0 Å². The van der Waals surface area contributed by atoms with Gasteiger partial charge in [0.25, 0.3) is 5.56 Å². The molecule has 1 N–H and O–H groups in total. The Morgan fingerprint density at radius 3 is 2.62 bits per heavy atom. The van der Waals surface area contributed by atoms with E-state index in [4.69, 9.17) is 0 Å². The fourth-order valence-corrected chi connectivity index (χ4v) is 4.51. The number of aryl methyl sites for hydroxylation is 1. The molecule has 6 heteroatoms. The largest absolute Gasteiger partial charge is 0.341 e. The third-order valence-corrected chi connectivity index (χ3v) is 6.40. The number of piperidine rings is 1. The fourth-order valence-electron chi connectivity index (χ4n) is 4.51. The Balaban J connectivity index is 1.47. The number of rotatable bonds is 3. The van der Waals surface area contributed by atoms with Gasteiger partial charge in [-0.1, -0.05) is 13.0 Å². The molecule has 0 radical (unpaired) electrons. The maximum absolute atomic E-state index is 13.0. The SMILES string of the molecule is Cc1cc2cc(CC(=O)N3CCC[C@@H]3C(=O)N3CCC(C)CC3)ccc2[nH]c1=O. The van der Waals surface area contributed by atoms with Crippen molar-refractivity contribution in [2.24, 2.45) is 5.92 Å². The predicted octanol–water partition coefficient (Wildman–Crippen LogP) is 2.63. The van der Waals surface area contributed by atoms with E-state index in [2.05, 4.69) is 11.9 Å². The summed E-state index contributed by atoms with van der Waals surface area (Å²) >= 11 is 0. The number of aromatic amines is 1. The zero-order valence-electron chi connectivity index (χ0n) is 17.2. The first-order chi connectivity index (χ1) is 13.9. The number of nitrogens with zero attached hydrogens (tertiary/aromatic N) is 2. The maximum atomic E-state index is 13.0. The molecule has 2 aliphatic rings. The van der Waals surface area contributed by atoms with Crippen LogP contribution in [0.3, 0.4) is 0 Å². The lowest BCUT2D eigenvalue weighted by Crippen LogP contribution is -2.50. The lowest BCUT2D eigenvalue weighted by molar-refractivity contribution is -0.144. The van der Waals surface area contributed by atoms with E-state index in [-0.39, 0.29) is 29.8 Å². The van der Waals surface area contributed by atoms with Crippen LogP contribution < -0.4 is 5.56 Å². The van der Waals surface area contributed by atoms with Crippen LogP contribution in [0.5, 0.6) is 0 Å². The van der Waals surface area contributed by atoms with Crippen molar-refractivity contribution >= 4 is 22.7 Å². The number of pyridine rings is 1. The van der Waals surface area contributed by atoms with Gasteiger partial charge in [0, 0.05) is 30.7 Å². The monoisotopic (exact) mass is 395 g/mol. The average molecular weight is 396 g/mol. The van der Waals surface area contributed by atoms with Gasteiger partial charge in [0.15, 0.2) is 0 Å². The molecule has 0 saturated carbocycles. The van der Waals surface area contributed by atoms with Crippen LogP contribution in [-0.2, 0) is 16.0 Å². The van der Waals surface area contributed by atoms with Gasteiger partial charge in [0.05, 0.1) is 6.42 Å². The van der Waals surface area contributed by atoms with Crippen LogP contribution in [0.1, 0.15) is 43.7 Å². The minimum Gasteiger partial charge on any atom is -0.341 e. The number of likely N-dealkylation sites (tertiary alicyclic amines) is 2. The Morgan fingerprint density at radius 2 is 1.86 bits per heavy atom. The smallest absolute Gasteiger partial charge is 0.251 e. The first kappa shape index (κ1) is 19.7. The molecule has 0 unspecified atom stereocenters. The number of aromatic nitrogens is 1. The molecule has 0 bridgehead atoms. The number of benzene rings is 1. The molecular formula is C23H29N3O3. The zero-order chi connectivity index (χ0) is 20.5. The summed E-state index contributed by atoms with van der Waals surface area (Å²) in [6.07, 6.45) is 4.00. The summed E-state index contributed by atoms with van der Waals surface area (Å²) in [5.74, 6) is 0.799. The quantitative estimate of drug-likeness (QED) is 0.868. The fraction of sp³-hybridized carbons (Fsp3) is 0.522. The summed E-state index contributed by atoms with van der Waals surface area (Å²) in [7, 11) is 0. The van der Waals surface area contributed by atoms with Gasteiger partial charge in [-0.15, -0.1) is 0 Å². The van der Waals surface area contributed by atoms with Gasteiger partial charge < -0.3 is 14.8 Å². The average Bonchev–Trinajstić information content (AvgIpc) is 3.19. The van der Waals surface area contributed by atoms with Crippen LogP contribution >= 0.6 is 0 Å². The molecule has 3 heterocycles. The molecule has 1 aromatic carbocycles. The summed E-state index contributed by atoms with van der Waals surface area (Å²) < 4.78 is 0. The van der Waals surface area contributed by atoms with Gasteiger partial charge in [-0.25, -0.2) is 0 Å². The number of H-pyrrole nitrogens is 1. The molecule has 0 spiro atoms. The normalized spacial score (nSPS) is 20.4. The van der Waals surface area contributed by atoms with Crippen LogP contribution in [0.2, 0.25) is 0 Å². The lowest BCUT2D eigenvalue weighted by Gasteiger charge is -2.34. The minimum absolute atomic E-state index is 0.00623. The zero-order valence-corrected chi connectivity index (χ0v) is 17.2. The van der Waals surface area contributed by atoms with Crippen molar-refractivity contribution in [1.82, 2.24) is 14.8 Å². The van der Waals surface area contributed by atoms with Gasteiger partial charge in [-0.2, -0.15) is 0 Å². The van der Waals surface area contributed by atoms with Crippen molar-refractivity contribution in [3.63, 3.8) is 0 Å². The third-order valence-electron chi connectivity index (χ3n) is 6.40. The number of carbonyl (C=O) groups is 2. The predicted molar refractivity (Wildman–Crippen MR) is 113 cm³/mol. The highest BCUT2D eigenvalue weighted by atomic mass is 16.2. The molecular weight excluding hydrogens is 366 g/mol. The van der Waals surface area contributed by atoms with Gasteiger partial charge in [-0.3, -0.25) is 14.4 Å². The number of fused-ring (bicyclic) bond motifs is 1. The van der Waals surface area contributed by atoms with Gasteiger partial charge >= 0.3 is 0 Å². The number of amides is 2. The van der Waals surface area contributed by atoms with Crippen LogP contribution in [0, 0.1) is 12.8 Å². The van der Waals surface area contributed by atoms with E-state index in [9.17, 15) is 14.4 Å². The topological polar surface area (TPSA) is 73.5 Å². The molecule has 2 aromatic rings. The van der Waals surface area contributed by atoms with Gasteiger partial charge in [0.2, 0.25) is 11.8 Å². The van der Waals surface area contributed by atoms with Crippen LogP contribution in [0.15, 0.2) is 29.1 Å². The molecule has 2 fully saturated rings. The van der Waals surface area contributed by atoms with E-state index < -0.39 is 0 Å². The third kappa shape index (κ3) is 4.07. The van der Waals surface area contributed by atoms with Gasteiger partial charge in [0.1, 0.15) is 6.04 Å². The number of nitrogens with one attached hydrogen (secondary N) is 1. The summed E-state index contributed by atoms with van der Waals surface area (Å²) in [5.41, 5.74) is 2.23. The van der Waals surface area contributed by atoms with Crippen molar-refractivity contribution in [1.29, 1.82) is 0 Å². The number of carbonyl (C=O) groups excluding carboxylic acids is 2. The van der Waals surface area contributed by atoms with Gasteiger partial charge in [-0.05, 0) is 67.7 Å². The summed E-state index contributed by atoms with van der Waals surface area (Å²) in [6.45, 7) is 6.27. The van der Waals surface area contributed by atoms with E-state index >= 15 is 0 Å². The molecule has 2 aliphatic heterocycles. The molecule has 4 rings (SSSR count). The van der Waals surface area contributed by atoms with E-state index in [1.54, 1.807) is 11.8 Å². The molecule has 2 saturated heterocycles. The summed E-state index contributed by atoms with van der Waals surface area (Å²) in [6, 6.07) is 7.22. The number of hydrogen-bond acceptors (Lipinski definition) is 3. The molecule has 29 heavy (non-hydrogen) atoms. The second-order valence-corrected chi connectivity index (χ2v) is 8.63. The maximum Gasteiger partial charge on any atom is 0.251 e. The van der Waals surface area contributed by atoms with E-state index in [1.165, 1.54) is 0 Å². The molecule has 1 atom stereocenters. The Morgan fingerprint density at radius 1 is 1.10 bits per heavy atom. The second kappa shape index (κ2) is 8.01. The second-order valence-electron chi connectivity index (χ2n) is 8.63. The molecule has 154 valence electrons. The highest BCUT2D eigenvalue weighted by molar-refractivity contribution is 5.90. The van der Waals surface area contributed by atoms with Crippen LogP contribution in [0.4, 0.5) is 0 Å². The molecule has 1 aromatic heterocycles. The molecule has 2 amide bonds. The summed E-state index contributed by atoms with van der Waals surface area (Å²) in [5, 5.41) is 0.920. The van der Waals surface area contributed by atoms with Crippen LogP contribution in [0.25, 0.3) is 10.9 Å². The van der Waals surface area contributed by atoms with Crippen molar-refractivity contribution in [3.8, 4) is 0 Å². The first-order valence-corrected chi connectivity index (χ1v) is 10.6. The van der Waals surface area contributed by atoms with Crippen LogP contribution in [-0.4, -0.2) is 52.3 Å². The standard InChI is InChI=1S/C23H29N3O3/c1-15-7-10-25(11-8-15)23(29)20-4-3-9-26(20)21(27)14-17-5-6-19-18(13-17)12-16(2)22(28)24-19/h5-6,12-13,15,20H,3-4,7-11,14H2,1-2H3,(H,24,28)/t20-/m1/s1. The van der Waals surface area contributed by atoms with E-state index in [1.807, 2.05) is 29.2 Å². The Kier molecular flexibility index (Phi) is 5.43. The minimum atomic E-state index is -0.310.